The summed E-state index contributed by atoms with van der Waals surface area (Å²) in [5.41, 5.74) is 1.59. The van der Waals surface area contributed by atoms with E-state index in [2.05, 4.69) is 19.9 Å². The first-order valence-corrected chi connectivity index (χ1v) is 8.65. The minimum Gasteiger partial charge on any atom is -0.381 e. The predicted octanol–water partition coefficient (Wildman–Crippen LogP) is 4.22. The van der Waals surface area contributed by atoms with Gasteiger partial charge in [-0.3, -0.25) is 0 Å². The minimum absolute atomic E-state index is 0.00855. The summed E-state index contributed by atoms with van der Waals surface area (Å²) in [6, 6.07) is 2.71. The van der Waals surface area contributed by atoms with Crippen LogP contribution in [0.5, 0.6) is 0 Å². The standard InChI is InChI=1S/C18H15ClF2N4O/c1-9-8-22-16-15(11-2-3-12(19)14(21)13(11)20)24-17(25-18(16)23-9)10-4-6-26-7-5-10/h2-3,8,10H,4-7H2,1H3. The Hall–Kier alpha value is -2.25. The average Bonchev–Trinajstić information content (AvgIpc) is 2.66. The third kappa shape index (κ3) is 3.01. The molecule has 1 aromatic carbocycles. The summed E-state index contributed by atoms with van der Waals surface area (Å²) in [5, 5.41) is -0.281. The van der Waals surface area contributed by atoms with Gasteiger partial charge in [0.1, 0.15) is 17.0 Å². The molecule has 0 spiro atoms. The molecule has 0 unspecified atom stereocenters. The summed E-state index contributed by atoms with van der Waals surface area (Å²) in [5.74, 6) is -1.54. The molecule has 0 atom stereocenters. The lowest BCUT2D eigenvalue weighted by Gasteiger charge is -2.21. The molecule has 134 valence electrons. The molecule has 1 aliphatic rings. The van der Waals surface area contributed by atoms with E-state index in [1.165, 1.54) is 12.1 Å². The molecule has 1 saturated heterocycles. The topological polar surface area (TPSA) is 60.8 Å². The number of fused-ring (bicyclic) bond motifs is 1. The highest BCUT2D eigenvalue weighted by atomic mass is 35.5. The monoisotopic (exact) mass is 376 g/mol. The molecule has 0 N–H and O–H groups in total. The Morgan fingerprint density at radius 2 is 1.85 bits per heavy atom. The zero-order chi connectivity index (χ0) is 18.3. The zero-order valence-corrected chi connectivity index (χ0v) is 14.7. The fourth-order valence-corrected chi connectivity index (χ4v) is 3.19. The van der Waals surface area contributed by atoms with E-state index >= 15 is 0 Å². The molecule has 0 aliphatic carbocycles. The lowest BCUT2D eigenvalue weighted by molar-refractivity contribution is 0.0836. The second kappa shape index (κ2) is 6.81. The van der Waals surface area contributed by atoms with Gasteiger partial charge in [0.15, 0.2) is 17.3 Å². The smallest absolute Gasteiger partial charge is 0.182 e. The second-order valence-electron chi connectivity index (χ2n) is 6.22. The van der Waals surface area contributed by atoms with E-state index in [9.17, 15) is 8.78 Å². The van der Waals surface area contributed by atoms with Gasteiger partial charge in [-0.15, -0.1) is 0 Å². The molecule has 0 amide bonds. The Morgan fingerprint density at radius 1 is 1.08 bits per heavy atom. The van der Waals surface area contributed by atoms with Crippen molar-refractivity contribution in [3.63, 3.8) is 0 Å². The van der Waals surface area contributed by atoms with Crippen LogP contribution >= 0.6 is 11.6 Å². The molecule has 5 nitrogen and oxygen atoms in total. The molecule has 4 rings (SSSR count). The molecule has 0 saturated carbocycles. The lowest BCUT2D eigenvalue weighted by Crippen LogP contribution is -2.17. The summed E-state index contributed by atoms with van der Waals surface area (Å²) in [4.78, 5) is 17.8. The maximum atomic E-state index is 14.5. The van der Waals surface area contributed by atoms with Crippen LogP contribution in [0.2, 0.25) is 5.02 Å². The number of nitrogens with zero attached hydrogens (tertiary/aromatic N) is 4. The number of hydrogen-bond donors (Lipinski definition) is 0. The number of benzene rings is 1. The van der Waals surface area contributed by atoms with E-state index in [1.807, 2.05) is 0 Å². The summed E-state index contributed by atoms with van der Waals surface area (Å²) in [6.07, 6.45) is 3.08. The Kier molecular flexibility index (Phi) is 4.50. The van der Waals surface area contributed by atoms with Gasteiger partial charge in [-0.2, -0.15) is 0 Å². The van der Waals surface area contributed by atoms with Crippen LogP contribution in [0.4, 0.5) is 8.78 Å². The Balaban J connectivity index is 1.96. The van der Waals surface area contributed by atoms with Crippen molar-refractivity contribution in [3.8, 4) is 11.3 Å². The molecule has 26 heavy (non-hydrogen) atoms. The Bertz CT molecular complexity index is 993. The molecular weight excluding hydrogens is 362 g/mol. The van der Waals surface area contributed by atoms with Gasteiger partial charge in [-0.1, -0.05) is 11.6 Å². The molecule has 8 heteroatoms. The number of halogens is 3. The number of aromatic nitrogens is 4. The first-order valence-electron chi connectivity index (χ1n) is 8.27. The van der Waals surface area contributed by atoms with E-state index in [0.29, 0.717) is 35.9 Å². The number of ether oxygens (including phenoxy) is 1. The van der Waals surface area contributed by atoms with Gasteiger partial charge in [0.05, 0.1) is 10.7 Å². The van der Waals surface area contributed by atoms with Crippen molar-refractivity contribution < 1.29 is 13.5 Å². The normalized spacial score (nSPS) is 15.5. The molecule has 0 radical (unpaired) electrons. The summed E-state index contributed by atoms with van der Waals surface area (Å²) in [6.45, 7) is 3.03. The van der Waals surface area contributed by atoms with E-state index in [1.54, 1.807) is 13.1 Å². The summed E-state index contributed by atoms with van der Waals surface area (Å²) >= 11 is 5.68. The van der Waals surface area contributed by atoms with Gasteiger partial charge in [-0.05, 0) is 31.9 Å². The average molecular weight is 377 g/mol. The first-order chi connectivity index (χ1) is 12.5. The molecule has 0 bridgehead atoms. The third-order valence-electron chi connectivity index (χ3n) is 4.42. The van der Waals surface area contributed by atoms with Crippen LogP contribution < -0.4 is 0 Å². The Labute approximate surface area is 153 Å². The zero-order valence-electron chi connectivity index (χ0n) is 14.0. The van der Waals surface area contributed by atoms with Crippen molar-refractivity contribution in [2.24, 2.45) is 0 Å². The van der Waals surface area contributed by atoms with Gasteiger partial charge in [0, 0.05) is 30.9 Å². The first kappa shape index (κ1) is 17.2. The SMILES string of the molecule is Cc1cnc2c(-c3ccc(Cl)c(F)c3F)nc(C3CCOCC3)nc2n1. The van der Waals surface area contributed by atoms with Gasteiger partial charge in [0.2, 0.25) is 0 Å². The van der Waals surface area contributed by atoms with Crippen molar-refractivity contribution in [2.75, 3.05) is 13.2 Å². The van der Waals surface area contributed by atoms with Crippen molar-refractivity contribution in [1.82, 2.24) is 19.9 Å². The van der Waals surface area contributed by atoms with E-state index in [0.717, 1.165) is 12.8 Å². The number of rotatable bonds is 2. The second-order valence-corrected chi connectivity index (χ2v) is 6.63. The van der Waals surface area contributed by atoms with Crippen LogP contribution in [0.15, 0.2) is 18.3 Å². The fraction of sp³-hybridized carbons (Fsp3) is 0.333. The van der Waals surface area contributed by atoms with Crippen molar-refractivity contribution in [3.05, 3.63) is 46.5 Å². The van der Waals surface area contributed by atoms with Crippen molar-refractivity contribution >= 4 is 22.8 Å². The minimum atomic E-state index is -1.11. The highest BCUT2D eigenvalue weighted by Crippen LogP contribution is 2.33. The molecule has 2 aromatic heterocycles. The molecule has 1 fully saturated rings. The van der Waals surface area contributed by atoms with E-state index in [-0.39, 0.29) is 22.2 Å². The summed E-state index contributed by atoms with van der Waals surface area (Å²) in [7, 11) is 0. The maximum absolute atomic E-state index is 14.5. The predicted molar refractivity (Wildman–Crippen MR) is 93.0 cm³/mol. The van der Waals surface area contributed by atoms with Crippen LogP contribution in [0, 0.1) is 18.6 Å². The van der Waals surface area contributed by atoms with Gasteiger partial charge >= 0.3 is 0 Å². The number of aryl methyl sites for hydroxylation is 1. The molecule has 3 heterocycles. The van der Waals surface area contributed by atoms with Crippen LogP contribution in [-0.2, 0) is 4.74 Å². The van der Waals surface area contributed by atoms with Gasteiger partial charge in [0.25, 0.3) is 0 Å². The molecule has 3 aromatic rings. The van der Waals surface area contributed by atoms with Crippen LogP contribution in [-0.4, -0.2) is 33.1 Å². The third-order valence-corrected chi connectivity index (χ3v) is 4.71. The van der Waals surface area contributed by atoms with Crippen LogP contribution in [0.1, 0.15) is 30.3 Å². The fourth-order valence-electron chi connectivity index (χ4n) is 3.05. The van der Waals surface area contributed by atoms with Gasteiger partial charge < -0.3 is 4.74 Å². The highest BCUT2D eigenvalue weighted by Gasteiger charge is 2.24. The maximum Gasteiger partial charge on any atom is 0.182 e. The van der Waals surface area contributed by atoms with E-state index < -0.39 is 11.6 Å². The number of hydrogen-bond acceptors (Lipinski definition) is 5. The summed E-state index contributed by atoms with van der Waals surface area (Å²) < 4.78 is 33.9. The van der Waals surface area contributed by atoms with Gasteiger partial charge in [-0.25, -0.2) is 28.7 Å². The molecular formula is C18H15ClF2N4O. The Morgan fingerprint density at radius 3 is 2.62 bits per heavy atom. The quantitative estimate of drug-likeness (QED) is 0.627. The van der Waals surface area contributed by atoms with Crippen molar-refractivity contribution in [1.29, 1.82) is 0 Å². The lowest BCUT2D eigenvalue weighted by atomic mass is 9.99. The van der Waals surface area contributed by atoms with Crippen LogP contribution in [0.25, 0.3) is 22.4 Å². The largest absolute Gasteiger partial charge is 0.381 e. The van der Waals surface area contributed by atoms with E-state index in [4.69, 9.17) is 16.3 Å². The highest BCUT2D eigenvalue weighted by molar-refractivity contribution is 6.30. The van der Waals surface area contributed by atoms with Crippen molar-refractivity contribution in [2.45, 2.75) is 25.7 Å². The van der Waals surface area contributed by atoms with Crippen LogP contribution in [0.3, 0.4) is 0 Å². The molecule has 1 aliphatic heterocycles.